The van der Waals surface area contributed by atoms with Crippen LogP contribution in [0.1, 0.15) is 43.5 Å². The Morgan fingerprint density at radius 3 is 2.81 bits per heavy atom. The summed E-state index contributed by atoms with van der Waals surface area (Å²) in [5, 5.41) is 1.93. The van der Waals surface area contributed by atoms with Crippen LogP contribution in [0.15, 0.2) is 29.5 Å². The lowest BCUT2D eigenvalue weighted by Gasteiger charge is -2.04. The minimum atomic E-state index is 0.417. The zero-order chi connectivity index (χ0) is 19.6. The average Bonchev–Trinajstić information content (AvgIpc) is 3.04. The molecule has 0 saturated heterocycles. The summed E-state index contributed by atoms with van der Waals surface area (Å²) in [6.45, 7) is 6.90. The molecule has 6 nitrogen and oxygen atoms in total. The molecule has 2 rings (SSSR count). The molecule has 0 aliphatic heterocycles. The minimum absolute atomic E-state index is 0.417. The highest BCUT2D eigenvalue weighted by Gasteiger charge is 2.05. The Kier molecular flexibility index (Phi) is 8.07. The third kappa shape index (κ3) is 6.25. The van der Waals surface area contributed by atoms with Crippen LogP contribution in [0.4, 0.5) is 0 Å². The van der Waals surface area contributed by atoms with Gasteiger partial charge in [0.05, 0.1) is 12.0 Å². The first kappa shape index (κ1) is 20.7. The van der Waals surface area contributed by atoms with Gasteiger partial charge in [-0.15, -0.1) is 0 Å². The van der Waals surface area contributed by atoms with Crippen LogP contribution in [-0.4, -0.2) is 36.2 Å². The Bertz CT molecular complexity index is 867. The lowest BCUT2D eigenvalue weighted by atomic mass is 10.1. The quantitative estimate of drug-likeness (QED) is 0.423. The number of hydrogen-bond acceptors (Lipinski definition) is 5. The predicted molar refractivity (Wildman–Crippen MR) is 110 cm³/mol. The van der Waals surface area contributed by atoms with Crippen LogP contribution >= 0.6 is 0 Å². The first-order chi connectivity index (χ1) is 13.0. The van der Waals surface area contributed by atoms with Gasteiger partial charge in [0.1, 0.15) is 6.61 Å². The summed E-state index contributed by atoms with van der Waals surface area (Å²) in [4.78, 5) is 12.1. The number of nitrogens with two attached hydrogens (primary N) is 1. The molecule has 0 atom stereocenters. The maximum atomic E-state index is 6.25. The molecule has 3 N–H and O–H groups in total. The van der Waals surface area contributed by atoms with Crippen molar-refractivity contribution in [2.24, 2.45) is 10.7 Å². The van der Waals surface area contributed by atoms with Crippen LogP contribution in [0.3, 0.4) is 0 Å². The lowest BCUT2D eigenvalue weighted by Crippen LogP contribution is -2.30. The molecule has 0 aliphatic rings. The van der Waals surface area contributed by atoms with E-state index in [1.165, 1.54) is 11.1 Å². The summed E-state index contributed by atoms with van der Waals surface area (Å²) < 4.78 is 10.5. The first-order valence-electron chi connectivity index (χ1n) is 9.30. The van der Waals surface area contributed by atoms with Crippen LogP contribution in [0.2, 0.25) is 0 Å². The van der Waals surface area contributed by atoms with Gasteiger partial charge in [-0.05, 0) is 30.5 Å². The molecule has 27 heavy (non-hydrogen) atoms. The van der Waals surface area contributed by atoms with Gasteiger partial charge in [-0.3, -0.25) is 4.98 Å². The number of nitrogens with zero attached hydrogens (tertiary/aromatic N) is 2. The Morgan fingerprint density at radius 1 is 1.33 bits per heavy atom. The minimum Gasteiger partial charge on any atom is -0.478 e. The Labute approximate surface area is 160 Å². The first-order valence-corrected chi connectivity index (χ1v) is 9.30. The van der Waals surface area contributed by atoms with Crippen molar-refractivity contribution in [1.82, 2.24) is 9.97 Å². The van der Waals surface area contributed by atoms with E-state index in [0.29, 0.717) is 24.9 Å². The van der Waals surface area contributed by atoms with E-state index >= 15 is 0 Å². The molecule has 2 heterocycles. The van der Waals surface area contributed by atoms with E-state index in [-0.39, 0.29) is 0 Å². The number of nitrogens with one attached hydrogen (secondary N) is 1. The summed E-state index contributed by atoms with van der Waals surface area (Å²) in [6, 6.07) is 4.14. The van der Waals surface area contributed by atoms with Gasteiger partial charge in [-0.1, -0.05) is 25.5 Å². The lowest BCUT2D eigenvalue weighted by molar-refractivity contribution is 0.140. The van der Waals surface area contributed by atoms with E-state index < -0.39 is 0 Å². The van der Waals surface area contributed by atoms with Gasteiger partial charge in [-0.25, -0.2) is 0 Å². The fraction of sp³-hybridized carbons (Fsp3) is 0.429. The molecule has 2 aromatic rings. The number of aliphatic imine (C=N–C) groups is 1. The fourth-order valence-corrected chi connectivity index (χ4v) is 2.71. The summed E-state index contributed by atoms with van der Waals surface area (Å²) in [5.74, 6) is 0.936. The largest absolute Gasteiger partial charge is 0.478 e. The second-order valence-corrected chi connectivity index (χ2v) is 6.44. The van der Waals surface area contributed by atoms with Crippen LogP contribution < -0.4 is 16.3 Å². The second kappa shape index (κ2) is 10.5. The number of pyridine rings is 1. The molecule has 0 aliphatic carbocycles. The van der Waals surface area contributed by atoms with Crippen molar-refractivity contribution in [3.63, 3.8) is 0 Å². The Hall–Kier alpha value is -2.60. The van der Waals surface area contributed by atoms with Crippen LogP contribution in [0, 0.1) is 6.92 Å². The topological polar surface area (TPSA) is 85.5 Å². The predicted octanol–water partition coefficient (Wildman–Crippen LogP) is 2.00. The van der Waals surface area contributed by atoms with Crippen LogP contribution in [0.5, 0.6) is 0 Å². The van der Waals surface area contributed by atoms with Crippen LogP contribution in [0.25, 0.3) is 11.9 Å². The molecule has 0 saturated carbocycles. The van der Waals surface area contributed by atoms with E-state index in [1.807, 2.05) is 25.4 Å². The van der Waals surface area contributed by atoms with Gasteiger partial charge in [0.25, 0.3) is 0 Å². The maximum absolute atomic E-state index is 6.25. The van der Waals surface area contributed by atoms with Crippen molar-refractivity contribution < 1.29 is 9.47 Å². The number of rotatable bonds is 8. The van der Waals surface area contributed by atoms with E-state index in [2.05, 4.69) is 34.0 Å². The number of unbranched alkanes of at least 4 members (excludes halogenated alkanes) is 1. The number of aryl methyl sites for hydroxylation is 1. The third-order valence-electron chi connectivity index (χ3n) is 4.14. The molecule has 0 aromatic carbocycles. The second-order valence-electron chi connectivity index (χ2n) is 6.44. The highest BCUT2D eigenvalue weighted by atomic mass is 16.5. The van der Waals surface area contributed by atoms with Gasteiger partial charge in [0.2, 0.25) is 0 Å². The van der Waals surface area contributed by atoms with Crippen molar-refractivity contribution in [2.75, 3.05) is 20.3 Å². The van der Waals surface area contributed by atoms with Crippen molar-refractivity contribution in [2.45, 2.75) is 40.0 Å². The number of hydrogen-bond donors (Lipinski definition) is 2. The van der Waals surface area contributed by atoms with Crippen molar-refractivity contribution in [3.05, 3.63) is 51.9 Å². The molecule has 0 amide bonds. The van der Waals surface area contributed by atoms with Crippen LogP contribution in [-0.2, 0) is 15.9 Å². The smallest absolute Gasteiger partial charge is 0.186 e. The summed E-state index contributed by atoms with van der Waals surface area (Å²) in [5.41, 5.74) is 9.62. The summed E-state index contributed by atoms with van der Waals surface area (Å²) in [6.07, 6.45) is 8.97. The zero-order valence-corrected chi connectivity index (χ0v) is 16.7. The Balaban J connectivity index is 2.37. The normalized spacial score (nSPS) is 13.8. The van der Waals surface area contributed by atoms with Gasteiger partial charge < -0.3 is 20.2 Å². The summed E-state index contributed by atoms with van der Waals surface area (Å²) >= 11 is 0. The number of ether oxygens (including phenoxy) is 2. The zero-order valence-electron chi connectivity index (χ0n) is 16.7. The van der Waals surface area contributed by atoms with E-state index in [4.69, 9.17) is 15.2 Å². The molecule has 2 aromatic heterocycles. The summed E-state index contributed by atoms with van der Waals surface area (Å²) in [7, 11) is 1.64. The maximum Gasteiger partial charge on any atom is 0.186 e. The molecule has 6 heteroatoms. The molecular weight excluding hydrogens is 340 g/mol. The number of H-pyrrole nitrogens is 1. The fourth-order valence-electron chi connectivity index (χ4n) is 2.71. The molecular formula is C21H30N4O2. The van der Waals surface area contributed by atoms with E-state index in [0.717, 1.165) is 35.5 Å². The molecule has 146 valence electrons. The van der Waals surface area contributed by atoms with Gasteiger partial charge in [-0.2, -0.15) is 4.99 Å². The van der Waals surface area contributed by atoms with Gasteiger partial charge in [0.15, 0.2) is 11.7 Å². The monoisotopic (exact) mass is 370 g/mol. The highest BCUT2D eigenvalue weighted by Crippen LogP contribution is 2.05. The van der Waals surface area contributed by atoms with E-state index in [1.54, 1.807) is 14.0 Å². The molecule has 0 fully saturated rings. The van der Waals surface area contributed by atoms with Crippen molar-refractivity contribution in [3.8, 4) is 0 Å². The molecule has 0 bridgehead atoms. The van der Waals surface area contributed by atoms with Gasteiger partial charge in [0, 0.05) is 43.8 Å². The average molecular weight is 370 g/mol. The number of aromatic amines is 1. The number of methoxy groups -OCH3 is 1. The third-order valence-corrected chi connectivity index (χ3v) is 4.14. The molecule has 0 unspecified atom stereocenters. The SMILES string of the molecule is CCC/C=c1\c(Cc2ccc(C)nc2)c[nH]\c1=C(/N)N=C(C)OCCOC. The molecule has 0 spiro atoms. The number of aromatic nitrogens is 2. The van der Waals surface area contributed by atoms with Crippen molar-refractivity contribution in [1.29, 1.82) is 0 Å². The molecule has 0 radical (unpaired) electrons. The van der Waals surface area contributed by atoms with Gasteiger partial charge >= 0.3 is 0 Å². The van der Waals surface area contributed by atoms with Crippen molar-refractivity contribution >= 4 is 17.8 Å². The standard InChI is InChI=1S/C21H30N4O2/c1-5-6-7-19-18(12-17-9-8-15(2)23-13-17)14-24-20(19)21(22)25-16(3)27-11-10-26-4/h7-9,13-14,24H,5-6,10-12,22H2,1-4H3/b19-7+,21-20+,25-16?. The highest BCUT2D eigenvalue weighted by molar-refractivity contribution is 5.77. The Morgan fingerprint density at radius 2 is 2.15 bits per heavy atom. The van der Waals surface area contributed by atoms with E-state index in [9.17, 15) is 0 Å².